The highest BCUT2D eigenvalue weighted by Crippen LogP contribution is 2.26. The van der Waals surface area contributed by atoms with Gasteiger partial charge in [-0.05, 0) is 26.8 Å². The van der Waals surface area contributed by atoms with Crippen molar-refractivity contribution < 1.29 is 19.1 Å². The lowest BCUT2D eigenvalue weighted by atomic mass is 10.0. The molecule has 4 nitrogen and oxygen atoms in total. The smallest absolute Gasteiger partial charge is 0.310 e. The molecule has 0 saturated heterocycles. The van der Waals surface area contributed by atoms with E-state index in [-0.39, 0.29) is 18.3 Å². The predicted molar refractivity (Wildman–Crippen MR) is 73.1 cm³/mol. The van der Waals surface area contributed by atoms with Crippen molar-refractivity contribution in [1.29, 1.82) is 0 Å². The Bertz CT molecular complexity index is 424. The van der Waals surface area contributed by atoms with Crippen molar-refractivity contribution in [3.8, 4) is 0 Å². The van der Waals surface area contributed by atoms with Crippen LogP contribution in [-0.2, 0) is 22.4 Å². The maximum absolute atomic E-state index is 11.6. The minimum atomic E-state index is -0.826. The summed E-state index contributed by atoms with van der Waals surface area (Å²) in [5.74, 6) is 1.45. The first-order valence-electron chi connectivity index (χ1n) is 6.72. The van der Waals surface area contributed by atoms with E-state index in [4.69, 9.17) is 9.15 Å². The summed E-state index contributed by atoms with van der Waals surface area (Å²) in [6, 6.07) is 1.85. The van der Waals surface area contributed by atoms with Crippen molar-refractivity contribution in [3.05, 3.63) is 23.2 Å². The molecule has 1 heterocycles. The summed E-state index contributed by atoms with van der Waals surface area (Å²) < 4.78 is 10.7. The van der Waals surface area contributed by atoms with Gasteiger partial charge >= 0.3 is 5.97 Å². The second-order valence-electron chi connectivity index (χ2n) is 5.73. The standard InChI is InChI=1S/C15H24O4/c1-6-18-13(16)8-11-7-12(9-15(4,5)17)19-14(11)10(2)3/h7,10,17H,6,8-9H2,1-5H3. The number of furan rings is 1. The zero-order chi connectivity index (χ0) is 14.6. The van der Waals surface area contributed by atoms with E-state index in [0.717, 1.165) is 11.3 Å². The van der Waals surface area contributed by atoms with E-state index in [1.807, 2.05) is 19.9 Å². The molecule has 1 N–H and O–H groups in total. The summed E-state index contributed by atoms with van der Waals surface area (Å²) in [5, 5.41) is 9.82. The average Bonchev–Trinajstić information content (AvgIpc) is 2.58. The highest BCUT2D eigenvalue weighted by molar-refractivity contribution is 5.73. The van der Waals surface area contributed by atoms with Gasteiger partial charge in [-0.3, -0.25) is 4.79 Å². The Morgan fingerprint density at radius 3 is 2.58 bits per heavy atom. The van der Waals surface area contributed by atoms with Gasteiger partial charge < -0.3 is 14.3 Å². The van der Waals surface area contributed by atoms with E-state index in [1.54, 1.807) is 20.8 Å². The Labute approximate surface area is 114 Å². The number of carbonyl (C=O) groups is 1. The summed E-state index contributed by atoms with van der Waals surface area (Å²) in [6.45, 7) is 9.66. The van der Waals surface area contributed by atoms with Gasteiger partial charge in [0, 0.05) is 17.9 Å². The number of aliphatic hydroxyl groups is 1. The van der Waals surface area contributed by atoms with Crippen LogP contribution in [0.25, 0.3) is 0 Å². The minimum Gasteiger partial charge on any atom is -0.466 e. The Balaban J connectivity index is 2.92. The van der Waals surface area contributed by atoms with Crippen LogP contribution >= 0.6 is 0 Å². The number of carbonyl (C=O) groups excluding carboxylic acids is 1. The summed E-state index contributed by atoms with van der Waals surface area (Å²) in [4.78, 5) is 11.6. The number of ether oxygens (including phenoxy) is 1. The molecule has 0 atom stereocenters. The summed E-state index contributed by atoms with van der Waals surface area (Å²) in [5.41, 5.74) is 0.0283. The SMILES string of the molecule is CCOC(=O)Cc1cc(CC(C)(C)O)oc1C(C)C. The Morgan fingerprint density at radius 2 is 2.11 bits per heavy atom. The first-order valence-corrected chi connectivity index (χ1v) is 6.72. The van der Waals surface area contributed by atoms with Crippen LogP contribution in [0.3, 0.4) is 0 Å². The molecule has 0 fully saturated rings. The van der Waals surface area contributed by atoms with Gasteiger partial charge in [-0.25, -0.2) is 0 Å². The molecule has 0 aliphatic heterocycles. The molecular weight excluding hydrogens is 244 g/mol. The summed E-state index contributed by atoms with van der Waals surface area (Å²) >= 11 is 0. The fraction of sp³-hybridized carbons (Fsp3) is 0.667. The van der Waals surface area contributed by atoms with Gasteiger partial charge in [-0.1, -0.05) is 13.8 Å². The van der Waals surface area contributed by atoms with Gasteiger partial charge in [0.05, 0.1) is 18.6 Å². The largest absolute Gasteiger partial charge is 0.466 e. The van der Waals surface area contributed by atoms with Crippen LogP contribution in [0.15, 0.2) is 10.5 Å². The summed E-state index contributed by atoms with van der Waals surface area (Å²) in [7, 11) is 0. The third-order valence-corrected chi connectivity index (χ3v) is 2.66. The summed E-state index contributed by atoms with van der Waals surface area (Å²) in [6.07, 6.45) is 0.645. The van der Waals surface area contributed by atoms with Crippen molar-refractivity contribution in [1.82, 2.24) is 0 Å². The van der Waals surface area contributed by atoms with Crippen molar-refractivity contribution in [2.45, 2.75) is 59.0 Å². The highest BCUT2D eigenvalue weighted by Gasteiger charge is 2.21. The molecule has 0 radical (unpaired) electrons. The topological polar surface area (TPSA) is 59.7 Å². The van der Waals surface area contributed by atoms with Gasteiger partial charge in [0.1, 0.15) is 11.5 Å². The number of esters is 1. The molecular formula is C15H24O4. The highest BCUT2D eigenvalue weighted by atomic mass is 16.5. The van der Waals surface area contributed by atoms with Crippen molar-refractivity contribution in [3.63, 3.8) is 0 Å². The lowest BCUT2D eigenvalue weighted by Crippen LogP contribution is -2.21. The van der Waals surface area contributed by atoms with Crippen LogP contribution in [0.2, 0.25) is 0 Å². The van der Waals surface area contributed by atoms with Gasteiger partial charge in [0.2, 0.25) is 0 Å². The Morgan fingerprint density at radius 1 is 1.47 bits per heavy atom. The van der Waals surface area contributed by atoms with E-state index >= 15 is 0 Å². The molecule has 0 amide bonds. The molecule has 1 aromatic heterocycles. The molecule has 0 aromatic carbocycles. The first-order chi connectivity index (χ1) is 8.73. The van der Waals surface area contributed by atoms with Crippen LogP contribution < -0.4 is 0 Å². The lowest BCUT2D eigenvalue weighted by Gasteiger charge is -2.14. The van der Waals surface area contributed by atoms with Gasteiger partial charge in [-0.2, -0.15) is 0 Å². The molecule has 4 heteroatoms. The number of rotatable bonds is 6. The normalized spacial score (nSPS) is 11.9. The maximum Gasteiger partial charge on any atom is 0.310 e. The molecule has 0 aliphatic rings. The van der Waals surface area contributed by atoms with E-state index in [1.165, 1.54) is 0 Å². The second-order valence-corrected chi connectivity index (χ2v) is 5.73. The van der Waals surface area contributed by atoms with Crippen LogP contribution in [0.4, 0.5) is 0 Å². The van der Waals surface area contributed by atoms with Crippen molar-refractivity contribution >= 4 is 5.97 Å². The molecule has 1 aromatic rings. The quantitative estimate of drug-likeness (QED) is 0.806. The van der Waals surface area contributed by atoms with Crippen LogP contribution in [0.1, 0.15) is 57.6 Å². The first kappa shape index (κ1) is 15.8. The zero-order valence-electron chi connectivity index (χ0n) is 12.4. The molecule has 1 rings (SSSR count). The van der Waals surface area contributed by atoms with Gasteiger partial charge in [-0.15, -0.1) is 0 Å². The average molecular weight is 268 g/mol. The van der Waals surface area contributed by atoms with Crippen LogP contribution in [0.5, 0.6) is 0 Å². The molecule has 0 unspecified atom stereocenters. The van der Waals surface area contributed by atoms with E-state index < -0.39 is 5.60 Å². The molecule has 108 valence electrons. The van der Waals surface area contributed by atoms with E-state index in [0.29, 0.717) is 18.8 Å². The molecule has 0 bridgehead atoms. The molecule has 0 saturated carbocycles. The van der Waals surface area contributed by atoms with Crippen molar-refractivity contribution in [2.24, 2.45) is 0 Å². The number of hydrogen-bond acceptors (Lipinski definition) is 4. The lowest BCUT2D eigenvalue weighted by molar-refractivity contribution is -0.142. The van der Waals surface area contributed by atoms with E-state index in [9.17, 15) is 9.90 Å². The zero-order valence-corrected chi connectivity index (χ0v) is 12.4. The predicted octanol–water partition coefficient (Wildman–Crippen LogP) is 2.82. The van der Waals surface area contributed by atoms with Crippen LogP contribution in [-0.4, -0.2) is 23.3 Å². The number of hydrogen-bond donors (Lipinski definition) is 1. The van der Waals surface area contributed by atoms with Crippen molar-refractivity contribution in [2.75, 3.05) is 6.61 Å². The fourth-order valence-corrected chi connectivity index (χ4v) is 2.01. The monoisotopic (exact) mass is 268 g/mol. The molecule has 19 heavy (non-hydrogen) atoms. The Kier molecular flexibility index (Phi) is 5.18. The maximum atomic E-state index is 11.6. The van der Waals surface area contributed by atoms with E-state index in [2.05, 4.69) is 0 Å². The molecule has 0 spiro atoms. The third-order valence-electron chi connectivity index (χ3n) is 2.66. The van der Waals surface area contributed by atoms with Crippen LogP contribution in [0, 0.1) is 0 Å². The van der Waals surface area contributed by atoms with Gasteiger partial charge in [0.25, 0.3) is 0 Å². The molecule has 0 aliphatic carbocycles. The second kappa shape index (κ2) is 6.24. The Hall–Kier alpha value is -1.29. The fourth-order valence-electron chi connectivity index (χ4n) is 2.01. The van der Waals surface area contributed by atoms with Gasteiger partial charge in [0.15, 0.2) is 0 Å². The third kappa shape index (κ3) is 5.07. The minimum absolute atomic E-state index is 0.194.